The Morgan fingerprint density at radius 3 is 2.48 bits per heavy atom. The molecule has 0 bridgehead atoms. The van der Waals surface area contributed by atoms with Gasteiger partial charge in [-0.15, -0.1) is 0 Å². The van der Waals surface area contributed by atoms with E-state index in [1.54, 1.807) is 17.0 Å². The van der Waals surface area contributed by atoms with E-state index >= 15 is 0 Å². The Kier molecular flexibility index (Phi) is 8.51. The van der Waals surface area contributed by atoms with E-state index < -0.39 is 0 Å². The van der Waals surface area contributed by atoms with Gasteiger partial charge in [-0.05, 0) is 36.2 Å². The molecule has 0 unspecified atom stereocenters. The average molecular weight is 568 g/mol. The lowest BCUT2D eigenvalue weighted by atomic mass is 9.69. The maximum absolute atomic E-state index is 14.2. The van der Waals surface area contributed by atoms with E-state index in [4.69, 9.17) is 0 Å². The van der Waals surface area contributed by atoms with Crippen molar-refractivity contribution in [1.82, 2.24) is 19.4 Å². The van der Waals surface area contributed by atoms with E-state index in [1.165, 1.54) is 12.8 Å². The number of aliphatic imine (C=N–C) groups is 1. The number of benzene rings is 2. The Hall–Kier alpha value is -3.78. The highest BCUT2D eigenvalue weighted by Crippen LogP contribution is 2.49. The molecule has 2 saturated heterocycles. The molecular formula is C34H41N5O3. The number of rotatable bonds is 6. The lowest BCUT2D eigenvalue weighted by molar-refractivity contribution is 0.0250. The highest BCUT2D eigenvalue weighted by atomic mass is 16.3. The van der Waals surface area contributed by atoms with Gasteiger partial charge in [0.2, 0.25) is 0 Å². The average Bonchev–Trinajstić information content (AvgIpc) is 3.51. The highest BCUT2D eigenvalue weighted by molar-refractivity contribution is 5.88. The number of hydrogen-bond donors (Lipinski definition) is 1. The van der Waals surface area contributed by atoms with Crippen LogP contribution in [0.15, 0.2) is 82.8 Å². The molecule has 0 radical (unpaired) electrons. The number of nitrogens with zero attached hydrogens (tertiary/aromatic N) is 5. The third-order valence-corrected chi connectivity index (χ3v) is 9.67. The number of piperidine rings is 2. The molecule has 2 aromatic carbocycles. The van der Waals surface area contributed by atoms with Crippen LogP contribution in [0.1, 0.15) is 56.6 Å². The summed E-state index contributed by atoms with van der Waals surface area (Å²) >= 11 is 0. The van der Waals surface area contributed by atoms with Crippen LogP contribution in [0.3, 0.4) is 0 Å². The van der Waals surface area contributed by atoms with Gasteiger partial charge in [-0.2, -0.15) is 0 Å². The maximum Gasteiger partial charge on any atom is 0.320 e. The third-order valence-electron chi connectivity index (χ3n) is 9.67. The van der Waals surface area contributed by atoms with Gasteiger partial charge < -0.3 is 14.9 Å². The SMILES string of the molecule is O=C(N1CC[C@@H](Cn2cnc(-c3ccccc3)cc2=O)C2(CCCC2)C1)N1CCC(=NCCO)C[C@H]1c1ccccc1. The smallest absolute Gasteiger partial charge is 0.320 e. The van der Waals surface area contributed by atoms with Crippen LogP contribution < -0.4 is 5.56 Å². The van der Waals surface area contributed by atoms with Gasteiger partial charge >= 0.3 is 6.03 Å². The summed E-state index contributed by atoms with van der Waals surface area (Å²) in [5.41, 5.74) is 3.85. The third kappa shape index (κ3) is 5.91. The molecule has 6 rings (SSSR count). The largest absolute Gasteiger partial charge is 0.394 e. The molecule has 1 spiro atoms. The van der Waals surface area contributed by atoms with Crippen molar-refractivity contribution < 1.29 is 9.90 Å². The second kappa shape index (κ2) is 12.6. The Bertz CT molecular complexity index is 1450. The zero-order valence-electron chi connectivity index (χ0n) is 24.3. The molecule has 1 N–H and O–H groups in total. The van der Waals surface area contributed by atoms with Crippen LogP contribution in [-0.2, 0) is 6.54 Å². The molecule has 42 heavy (non-hydrogen) atoms. The van der Waals surface area contributed by atoms with Crippen LogP contribution in [0.25, 0.3) is 11.3 Å². The lowest BCUT2D eigenvalue weighted by Gasteiger charge is -2.49. The molecule has 3 fully saturated rings. The van der Waals surface area contributed by atoms with Crippen molar-refractivity contribution in [1.29, 1.82) is 0 Å². The number of amides is 2. The molecule has 2 aliphatic heterocycles. The minimum atomic E-state index is -0.0603. The van der Waals surface area contributed by atoms with Crippen molar-refractivity contribution >= 4 is 11.7 Å². The molecule has 1 aliphatic carbocycles. The fraction of sp³-hybridized carbons (Fsp3) is 0.471. The first kappa shape index (κ1) is 28.3. The van der Waals surface area contributed by atoms with Gasteiger partial charge in [0.1, 0.15) is 0 Å². The maximum atomic E-state index is 14.2. The first-order valence-corrected chi connectivity index (χ1v) is 15.4. The van der Waals surface area contributed by atoms with Gasteiger partial charge in [0, 0.05) is 56.4 Å². The molecule has 1 aromatic heterocycles. The Morgan fingerprint density at radius 2 is 1.76 bits per heavy atom. The van der Waals surface area contributed by atoms with Crippen molar-refractivity contribution in [2.75, 3.05) is 32.8 Å². The zero-order chi connectivity index (χ0) is 28.9. The van der Waals surface area contributed by atoms with E-state index in [1.807, 2.05) is 53.4 Å². The van der Waals surface area contributed by atoms with Gasteiger partial charge in [0.05, 0.1) is 31.2 Å². The molecule has 220 valence electrons. The molecule has 3 aliphatic rings. The predicted molar refractivity (Wildman–Crippen MR) is 164 cm³/mol. The highest BCUT2D eigenvalue weighted by Gasteiger charge is 2.47. The standard InChI is InChI=1S/C34H41N5O3/c40-20-17-35-29-14-19-39(31(21-29)27-11-5-2-6-12-27)33(42)37-18-13-28(34(24-37)15-7-8-16-34)23-38-25-36-30(22-32(38)41)26-9-3-1-4-10-26/h1-6,9-12,22,25,28,31,40H,7-8,13-21,23-24H2/t28-,31-/m0/s1. The summed E-state index contributed by atoms with van der Waals surface area (Å²) in [6.07, 6.45) is 8.54. The molecule has 8 nitrogen and oxygen atoms in total. The van der Waals surface area contributed by atoms with Gasteiger partial charge in [0.25, 0.3) is 5.56 Å². The summed E-state index contributed by atoms with van der Waals surface area (Å²) in [7, 11) is 0. The number of aromatic nitrogens is 2. The molecule has 8 heteroatoms. The quantitative estimate of drug-likeness (QED) is 0.444. The van der Waals surface area contributed by atoms with Crippen molar-refractivity contribution in [3.63, 3.8) is 0 Å². The predicted octanol–water partition coefficient (Wildman–Crippen LogP) is 5.18. The van der Waals surface area contributed by atoms with Crippen LogP contribution in [0.2, 0.25) is 0 Å². The fourth-order valence-corrected chi connectivity index (χ4v) is 7.44. The van der Waals surface area contributed by atoms with Gasteiger partial charge in [-0.25, -0.2) is 9.78 Å². The summed E-state index contributed by atoms with van der Waals surface area (Å²) in [5.74, 6) is 0.328. The molecular weight excluding hydrogens is 526 g/mol. The van der Waals surface area contributed by atoms with Crippen LogP contribution in [0.5, 0.6) is 0 Å². The normalized spacial score (nSPS) is 23.0. The van der Waals surface area contributed by atoms with Crippen LogP contribution in [-0.4, -0.2) is 69.0 Å². The van der Waals surface area contributed by atoms with E-state index in [2.05, 4.69) is 27.0 Å². The lowest BCUT2D eigenvalue weighted by Crippen LogP contribution is -2.56. The summed E-state index contributed by atoms with van der Waals surface area (Å²) < 4.78 is 1.78. The summed E-state index contributed by atoms with van der Waals surface area (Å²) in [4.78, 5) is 40.7. The van der Waals surface area contributed by atoms with Gasteiger partial charge in [-0.1, -0.05) is 73.5 Å². The van der Waals surface area contributed by atoms with Crippen molar-refractivity contribution in [2.24, 2.45) is 16.3 Å². The molecule has 3 heterocycles. The summed E-state index contributed by atoms with van der Waals surface area (Å²) in [6, 6.07) is 21.8. The van der Waals surface area contributed by atoms with E-state index in [9.17, 15) is 14.7 Å². The number of carbonyl (C=O) groups excluding carboxylic acids is 1. The number of likely N-dealkylation sites (tertiary alicyclic amines) is 2. The van der Waals surface area contributed by atoms with E-state index in [0.717, 1.165) is 49.1 Å². The fourth-order valence-electron chi connectivity index (χ4n) is 7.44. The number of aliphatic hydroxyl groups is 1. The van der Waals surface area contributed by atoms with Gasteiger partial charge in [-0.3, -0.25) is 14.4 Å². The second-order valence-electron chi connectivity index (χ2n) is 12.1. The Labute approximate surface area is 247 Å². The van der Waals surface area contributed by atoms with Crippen LogP contribution >= 0.6 is 0 Å². The first-order valence-electron chi connectivity index (χ1n) is 15.4. The van der Waals surface area contributed by atoms with E-state index in [0.29, 0.717) is 44.2 Å². The molecule has 2 amide bonds. The van der Waals surface area contributed by atoms with E-state index in [-0.39, 0.29) is 29.7 Å². The van der Waals surface area contributed by atoms with Crippen molar-refractivity contribution in [3.05, 3.63) is 89.0 Å². The van der Waals surface area contributed by atoms with Gasteiger partial charge in [0.15, 0.2) is 0 Å². The molecule has 1 saturated carbocycles. The number of aliphatic hydroxyl groups excluding tert-OH is 1. The van der Waals surface area contributed by atoms with Crippen molar-refractivity contribution in [3.8, 4) is 11.3 Å². The van der Waals surface area contributed by atoms with Crippen LogP contribution in [0.4, 0.5) is 4.79 Å². The minimum Gasteiger partial charge on any atom is -0.394 e. The topological polar surface area (TPSA) is 91.0 Å². The number of hydrogen-bond acceptors (Lipinski definition) is 5. The first-order chi connectivity index (χ1) is 20.6. The zero-order valence-corrected chi connectivity index (χ0v) is 24.3. The summed E-state index contributed by atoms with van der Waals surface area (Å²) in [5, 5.41) is 9.28. The van der Waals surface area contributed by atoms with Crippen molar-refractivity contribution in [2.45, 2.75) is 57.5 Å². The Morgan fingerprint density at radius 1 is 1.02 bits per heavy atom. The molecule has 2 atom stereocenters. The van der Waals surface area contributed by atoms with Crippen LogP contribution in [0, 0.1) is 11.3 Å². The number of urea groups is 1. The molecule has 3 aromatic rings. The summed E-state index contributed by atoms with van der Waals surface area (Å²) in [6.45, 7) is 3.16. The Balaban J connectivity index is 1.19. The minimum absolute atomic E-state index is 0.0202. The monoisotopic (exact) mass is 567 g/mol. The second-order valence-corrected chi connectivity index (χ2v) is 12.1. The number of carbonyl (C=O) groups is 1.